The number of amides is 4. The van der Waals surface area contributed by atoms with E-state index in [2.05, 4.69) is 54.7 Å². The average Bonchev–Trinajstić information content (AvgIpc) is 3.14. The number of carbonyl (C=O) groups is 2. The maximum atomic E-state index is 13.2. The van der Waals surface area contributed by atoms with E-state index >= 15 is 0 Å². The number of benzene rings is 2. The SMILES string of the molecule is CC(C)(C)c1ccc2c(c1)CCC2N(NC(N)=O)C(=O)Nc1cccc2cnccc12. The molecular formula is C24H27N5O2. The molecule has 1 heterocycles. The highest BCUT2D eigenvalue weighted by molar-refractivity contribution is 6.01. The van der Waals surface area contributed by atoms with E-state index in [1.54, 1.807) is 12.4 Å². The van der Waals surface area contributed by atoms with E-state index in [1.807, 2.05) is 24.3 Å². The molecule has 7 nitrogen and oxygen atoms in total. The van der Waals surface area contributed by atoms with E-state index in [4.69, 9.17) is 5.73 Å². The third-order valence-corrected chi connectivity index (χ3v) is 5.74. The Bertz CT molecular complexity index is 1150. The number of urea groups is 2. The minimum absolute atomic E-state index is 0.0406. The van der Waals surface area contributed by atoms with Crippen LogP contribution in [0, 0.1) is 0 Å². The maximum Gasteiger partial charge on any atom is 0.341 e. The van der Waals surface area contributed by atoms with Crippen molar-refractivity contribution in [3.05, 3.63) is 71.5 Å². The van der Waals surface area contributed by atoms with Crippen molar-refractivity contribution < 1.29 is 9.59 Å². The molecule has 3 aromatic rings. The Kier molecular flexibility index (Phi) is 5.27. The van der Waals surface area contributed by atoms with Gasteiger partial charge in [-0.15, -0.1) is 0 Å². The first kappa shape index (κ1) is 20.7. The zero-order valence-corrected chi connectivity index (χ0v) is 18.0. The van der Waals surface area contributed by atoms with Crippen LogP contribution in [0.25, 0.3) is 10.8 Å². The van der Waals surface area contributed by atoms with Gasteiger partial charge in [0.2, 0.25) is 0 Å². The van der Waals surface area contributed by atoms with Crippen LogP contribution in [0.3, 0.4) is 0 Å². The molecule has 31 heavy (non-hydrogen) atoms. The first-order chi connectivity index (χ1) is 14.7. The zero-order valence-electron chi connectivity index (χ0n) is 18.0. The predicted octanol–water partition coefficient (Wildman–Crippen LogP) is 4.64. The van der Waals surface area contributed by atoms with Gasteiger partial charge in [0.1, 0.15) is 0 Å². The smallest absolute Gasteiger partial charge is 0.341 e. The first-order valence-corrected chi connectivity index (χ1v) is 10.4. The molecule has 0 fully saturated rings. The van der Waals surface area contributed by atoms with Crippen LogP contribution >= 0.6 is 0 Å². The van der Waals surface area contributed by atoms with E-state index < -0.39 is 12.1 Å². The standard InChI is InChI=1S/C24H27N5O2/c1-24(2,3)17-8-9-19-15(13-17)7-10-21(19)29(28-22(25)30)23(31)27-20-6-4-5-16-14-26-12-11-18(16)20/h4-6,8-9,11-14,21H,7,10H2,1-3H3,(H,27,31)(H3,25,28,30). The number of carbonyl (C=O) groups excluding carboxylic acids is 2. The van der Waals surface area contributed by atoms with Crippen LogP contribution in [-0.4, -0.2) is 22.1 Å². The number of anilines is 1. The van der Waals surface area contributed by atoms with E-state index in [-0.39, 0.29) is 11.5 Å². The lowest BCUT2D eigenvalue weighted by molar-refractivity contribution is 0.153. The number of aryl methyl sites for hydroxylation is 1. The van der Waals surface area contributed by atoms with Gasteiger partial charge in [0.25, 0.3) is 0 Å². The second-order valence-electron chi connectivity index (χ2n) is 8.90. The molecule has 160 valence electrons. The molecule has 1 aliphatic rings. The zero-order chi connectivity index (χ0) is 22.2. The van der Waals surface area contributed by atoms with Crippen molar-refractivity contribution in [1.29, 1.82) is 0 Å². The number of hydrogen-bond donors (Lipinski definition) is 3. The number of aromatic nitrogens is 1. The summed E-state index contributed by atoms with van der Waals surface area (Å²) in [7, 11) is 0. The van der Waals surface area contributed by atoms with E-state index in [0.717, 1.165) is 22.8 Å². The van der Waals surface area contributed by atoms with Gasteiger partial charge >= 0.3 is 12.1 Å². The molecule has 0 radical (unpaired) electrons. The summed E-state index contributed by atoms with van der Waals surface area (Å²) in [5.74, 6) is 0. The third-order valence-electron chi connectivity index (χ3n) is 5.74. The molecular weight excluding hydrogens is 390 g/mol. The maximum absolute atomic E-state index is 13.2. The molecule has 4 rings (SSSR count). The Morgan fingerprint density at radius 3 is 2.71 bits per heavy atom. The molecule has 1 unspecified atom stereocenters. The van der Waals surface area contributed by atoms with Crippen LogP contribution in [0.15, 0.2) is 54.9 Å². The number of nitrogens with zero attached hydrogens (tertiary/aromatic N) is 2. The molecule has 0 saturated carbocycles. The highest BCUT2D eigenvalue weighted by Gasteiger charge is 2.33. The summed E-state index contributed by atoms with van der Waals surface area (Å²) in [5, 5.41) is 6.01. The van der Waals surface area contributed by atoms with Crippen molar-refractivity contribution in [2.75, 3.05) is 5.32 Å². The van der Waals surface area contributed by atoms with Crippen molar-refractivity contribution in [3.63, 3.8) is 0 Å². The van der Waals surface area contributed by atoms with Gasteiger partial charge in [0.05, 0.1) is 11.7 Å². The molecule has 0 aliphatic heterocycles. The van der Waals surface area contributed by atoms with Gasteiger partial charge in [-0.1, -0.05) is 51.1 Å². The second-order valence-corrected chi connectivity index (χ2v) is 8.90. The highest BCUT2D eigenvalue weighted by atomic mass is 16.2. The van der Waals surface area contributed by atoms with Gasteiger partial charge in [-0.05, 0) is 47.1 Å². The third kappa shape index (κ3) is 4.17. The van der Waals surface area contributed by atoms with Gasteiger partial charge < -0.3 is 11.1 Å². The van der Waals surface area contributed by atoms with Crippen LogP contribution in [0.5, 0.6) is 0 Å². The van der Waals surface area contributed by atoms with Gasteiger partial charge in [0, 0.05) is 23.2 Å². The van der Waals surface area contributed by atoms with Crippen molar-refractivity contribution in [3.8, 4) is 0 Å². The lowest BCUT2D eigenvalue weighted by Crippen LogP contribution is -2.51. The lowest BCUT2D eigenvalue weighted by atomic mass is 9.85. The minimum atomic E-state index is -0.781. The topological polar surface area (TPSA) is 100 Å². The summed E-state index contributed by atoms with van der Waals surface area (Å²) in [4.78, 5) is 29.1. The van der Waals surface area contributed by atoms with Gasteiger partial charge in [-0.25, -0.2) is 20.0 Å². The Balaban J connectivity index is 1.64. The highest BCUT2D eigenvalue weighted by Crippen LogP contribution is 2.38. The number of nitrogens with one attached hydrogen (secondary N) is 2. The normalized spacial score (nSPS) is 15.4. The van der Waals surface area contributed by atoms with Crippen molar-refractivity contribution in [1.82, 2.24) is 15.4 Å². The Hall–Kier alpha value is -3.61. The summed E-state index contributed by atoms with van der Waals surface area (Å²) in [5.41, 5.74) is 12.1. The summed E-state index contributed by atoms with van der Waals surface area (Å²) in [6.07, 6.45) is 4.95. The molecule has 0 spiro atoms. The Labute approximate surface area is 181 Å². The fourth-order valence-electron chi connectivity index (χ4n) is 4.13. The number of pyridine rings is 1. The number of hydrazine groups is 1. The van der Waals surface area contributed by atoms with Crippen LogP contribution in [0.4, 0.5) is 15.3 Å². The van der Waals surface area contributed by atoms with E-state index in [0.29, 0.717) is 12.1 Å². The first-order valence-electron chi connectivity index (χ1n) is 10.4. The van der Waals surface area contributed by atoms with E-state index in [9.17, 15) is 9.59 Å². The quantitative estimate of drug-likeness (QED) is 0.530. The fourth-order valence-corrected chi connectivity index (χ4v) is 4.13. The number of primary amides is 1. The number of fused-ring (bicyclic) bond motifs is 2. The number of hydrogen-bond acceptors (Lipinski definition) is 3. The molecule has 7 heteroatoms. The van der Waals surface area contributed by atoms with Gasteiger partial charge in [-0.3, -0.25) is 4.98 Å². The Morgan fingerprint density at radius 1 is 1.16 bits per heavy atom. The Morgan fingerprint density at radius 2 is 1.97 bits per heavy atom. The minimum Gasteiger partial charge on any atom is -0.350 e. The molecule has 4 amide bonds. The van der Waals surface area contributed by atoms with Crippen LogP contribution in [0.1, 0.15) is 49.9 Å². The summed E-state index contributed by atoms with van der Waals surface area (Å²) in [6.45, 7) is 6.53. The molecule has 1 aromatic heterocycles. The van der Waals surface area contributed by atoms with Crippen molar-refractivity contribution in [2.24, 2.45) is 5.73 Å². The molecule has 1 atom stereocenters. The van der Waals surface area contributed by atoms with Crippen LogP contribution < -0.4 is 16.5 Å². The van der Waals surface area contributed by atoms with Gasteiger partial charge in [-0.2, -0.15) is 0 Å². The summed E-state index contributed by atoms with van der Waals surface area (Å²) >= 11 is 0. The van der Waals surface area contributed by atoms with Gasteiger partial charge in [0.15, 0.2) is 0 Å². The summed E-state index contributed by atoms with van der Waals surface area (Å²) < 4.78 is 0. The van der Waals surface area contributed by atoms with Crippen molar-refractivity contribution >= 4 is 28.5 Å². The molecule has 1 aliphatic carbocycles. The van der Waals surface area contributed by atoms with Crippen molar-refractivity contribution in [2.45, 2.75) is 45.1 Å². The molecule has 2 aromatic carbocycles. The number of rotatable bonds is 2. The summed E-state index contributed by atoms with van der Waals surface area (Å²) in [6, 6.07) is 12.3. The lowest BCUT2D eigenvalue weighted by Gasteiger charge is -2.29. The van der Waals surface area contributed by atoms with Crippen LogP contribution in [-0.2, 0) is 11.8 Å². The molecule has 4 N–H and O–H groups in total. The number of nitrogens with two attached hydrogens (primary N) is 1. The fraction of sp³-hybridized carbons (Fsp3) is 0.292. The predicted molar refractivity (Wildman–Crippen MR) is 122 cm³/mol. The van der Waals surface area contributed by atoms with Crippen LogP contribution in [0.2, 0.25) is 0 Å². The molecule has 0 saturated heterocycles. The second kappa shape index (κ2) is 7.91. The largest absolute Gasteiger partial charge is 0.350 e. The van der Waals surface area contributed by atoms with E-state index in [1.165, 1.54) is 16.1 Å². The monoisotopic (exact) mass is 417 g/mol. The molecule has 0 bridgehead atoms. The average molecular weight is 418 g/mol.